The number of hydrogen-bond donors (Lipinski definition) is 1. The highest BCUT2D eigenvalue weighted by Gasteiger charge is 2.11. The molecule has 2 rings (SSSR count). The maximum atomic E-state index is 10.5. The zero-order valence-corrected chi connectivity index (χ0v) is 10.5. The van der Waals surface area contributed by atoms with Crippen molar-refractivity contribution in [3.8, 4) is 0 Å². The van der Waals surface area contributed by atoms with Gasteiger partial charge in [0.2, 0.25) is 0 Å². The lowest BCUT2D eigenvalue weighted by atomic mass is 10.3. The van der Waals surface area contributed by atoms with E-state index in [2.05, 4.69) is 10.4 Å². The smallest absolute Gasteiger partial charge is 0.307 e. The molecule has 0 fully saturated rings. The van der Waals surface area contributed by atoms with Crippen LogP contribution >= 0.6 is 23.8 Å². The number of aromatic nitrogens is 2. The van der Waals surface area contributed by atoms with Crippen molar-refractivity contribution >= 4 is 40.3 Å². The van der Waals surface area contributed by atoms with Crippen LogP contribution in [0.1, 0.15) is 0 Å². The molecule has 0 aliphatic heterocycles. The van der Waals surface area contributed by atoms with Crippen LogP contribution in [0.2, 0.25) is 5.02 Å². The summed E-state index contributed by atoms with van der Waals surface area (Å²) in [6.45, 7) is 0. The van der Waals surface area contributed by atoms with Gasteiger partial charge in [-0.05, 0) is 30.4 Å². The minimum Gasteiger partial charge on any atom is -0.331 e. The first-order valence-corrected chi connectivity index (χ1v) is 5.61. The van der Waals surface area contributed by atoms with E-state index in [1.807, 2.05) is 0 Å². The minimum atomic E-state index is -0.536. The molecule has 1 aromatic carbocycles. The second kappa shape index (κ2) is 5.11. The van der Waals surface area contributed by atoms with Crippen LogP contribution < -0.4 is 5.32 Å². The maximum absolute atomic E-state index is 10.5. The third kappa shape index (κ3) is 2.82. The average molecular weight is 283 g/mol. The number of nitro groups is 1. The van der Waals surface area contributed by atoms with E-state index in [4.69, 9.17) is 23.8 Å². The molecule has 0 unspecified atom stereocenters. The average Bonchev–Trinajstić information content (AvgIpc) is 2.78. The number of rotatable bonds is 2. The lowest BCUT2D eigenvalue weighted by Crippen LogP contribution is -2.19. The van der Waals surface area contributed by atoms with Crippen molar-refractivity contribution in [2.75, 3.05) is 5.32 Å². The molecule has 0 saturated heterocycles. The number of hydrogen-bond acceptors (Lipinski definition) is 4. The zero-order chi connectivity index (χ0) is 13.1. The van der Waals surface area contributed by atoms with Crippen LogP contribution in [-0.4, -0.2) is 19.8 Å². The Morgan fingerprint density at radius 3 is 2.94 bits per heavy atom. The number of nitrogens with one attached hydrogen (secondary N) is 1. The lowest BCUT2D eigenvalue weighted by molar-refractivity contribution is -0.384. The fourth-order valence-electron chi connectivity index (χ4n) is 1.27. The van der Waals surface area contributed by atoms with E-state index in [1.54, 1.807) is 24.3 Å². The molecule has 92 valence electrons. The molecule has 6 nitrogen and oxygen atoms in total. The van der Waals surface area contributed by atoms with Gasteiger partial charge >= 0.3 is 5.69 Å². The topological polar surface area (TPSA) is 73.0 Å². The molecule has 1 N–H and O–H groups in total. The predicted molar refractivity (Wildman–Crippen MR) is 72.0 cm³/mol. The highest BCUT2D eigenvalue weighted by molar-refractivity contribution is 7.80. The highest BCUT2D eigenvalue weighted by atomic mass is 35.5. The van der Waals surface area contributed by atoms with Gasteiger partial charge in [-0.15, -0.1) is 0 Å². The van der Waals surface area contributed by atoms with E-state index in [0.717, 1.165) is 6.20 Å². The van der Waals surface area contributed by atoms with Gasteiger partial charge in [0, 0.05) is 10.7 Å². The number of benzene rings is 1. The summed E-state index contributed by atoms with van der Waals surface area (Å²) in [5, 5.41) is 18.0. The van der Waals surface area contributed by atoms with E-state index in [0.29, 0.717) is 10.7 Å². The fraction of sp³-hybridized carbons (Fsp3) is 0. The zero-order valence-electron chi connectivity index (χ0n) is 8.91. The van der Waals surface area contributed by atoms with Gasteiger partial charge in [0.1, 0.15) is 12.4 Å². The summed E-state index contributed by atoms with van der Waals surface area (Å²) in [4.78, 5) is 9.97. The molecule has 2 aromatic rings. The summed E-state index contributed by atoms with van der Waals surface area (Å²) in [7, 11) is 0. The Hall–Kier alpha value is -1.99. The van der Waals surface area contributed by atoms with Gasteiger partial charge in [0.05, 0.1) is 4.92 Å². The quantitative estimate of drug-likeness (QED) is 0.521. The van der Waals surface area contributed by atoms with Crippen LogP contribution in [0.25, 0.3) is 0 Å². The summed E-state index contributed by atoms with van der Waals surface area (Å²) in [6, 6.07) is 6.95. The summed E-state index contributed by atoms with van der Waals surface area (Å²) >= 11 is 10.9. The molecule has 0 amide bonds. The molecule has 0 bridgehead atoms. The predicted octanol–water partition coefficient (Wildman–Crippen LogP) is 2.69. The van der Waals surface area contributed by atoms with Crippen molar-refractivity contribution in [3.63, 3.8) is 0 Å². The van der Waals surface area contributed by atoms with Crippen molar-refractivity contribution in [1.29, 1.82) is 0 Å². The molecular formula is C10H7ClN4O2S. The van der Waals surface area contributed by atoms with Gasteiger partial charge in [-0.25, -0.2) is 4.68 Å². The van der Waals surface area contributed by atoms with Crippen LogP contribution in [0.15, 0.2) is 36.7 Å². The number of anilines is 1. The van der Waals surface area contributed by atoms with E-state index in [1.165, 1.54) is 10.9 Å². The van der Waals surface area contributed by atoms with E-state index in [-0.39, 0.29) is 10.8 Å². The minimum absolute atomic E-state index is 0.120. The van der Waals surface area contributed by atoms with Crippen molar-refractivity contribution < 1.29 is 4.92 Å². The fourth-order valence-corrected chi connectivity index (χ4v) is 1.67. The Balaban J connectivity index is 2.14. The van der Waals surface area contributed by atoms with Crippen LogP contribution in [0.4, 0.5) is 11.4 Å². The summed E-state index contributed by atoms with van der Waals surface area (Å²) < 4.78 is 1.22. The van der Waals surface area contributed by atoms with Crippen molar-refractivity contribution in [2.24, 2.45) is 0 Å². The molecule has 0 saturated carbocycles. The van der Waals surface area contributed by atoms with Gasteiger partial charge in [0.25, 0.3) is 0 Å². The maximum Gasteiger partial charge on any atom is 0.307 e. The van der Waals surface area contributed by atoms with Gasteiger partial charge in [0.15, 0.2) is 5.11 Å². The Morgan fingerprint density at radius 1 is 1.56 bits per heavy atom. The molecule has 0 aliphatic rings. The molecule has 0 radical (unpaired) electrons. The Morgan fingerprint density at radius 2 is 2.33 bits per heavy atom. The first-order chi connectivity index (χ1) is 8.56. The van der Waals surface area contributed by atoms with Crippen LogP contribution in [0.5, 0.6) is 0 Å². The Kier molecular flexibility index (Phi) is 3.54. The first kappa shape index (κ1) is 12.5. The summed E-state index contributed by atoms with van der Waals surface area (Å²) in [6.07, 6.45) is 2.37. The first-order valence-electron chi connectivity index (χ1n) is 4.82. The normalized spacial score (nSPS) is 10.1. The molecule has 1 heterocycles. The van der Waals surface area contributed by atoms with E-state index >= 15 is 0 Å². The number of thiocarbonyl (C=S) groups is 1. The number of halogens is 1. The molecule has 1 aromatic heterocycles. The van der Waals surface area contributed by atoms with Crippen molar-refractivity contribution in [2.45, 2.75) is 0 Å². The van der Waals surface area contributed by atoms with Crippen LogP contribution in [0, 0.1) is 10.1 Å². The van der Waals surface area contributed by atoms with E-state index < -0.39 is 4.92 Å². The lowest BCUT2D eigenvalue weighted by Gasteiger charge is -2.07. The second-order valence-corrected chi connectivity index (χ2v) is 4.16. The molecule has 8 heteroatoms. The van der Waals surface area contributed by atoms with Gasteiger partial charge in [-0.1, -0.05) is 17.7 Å². The standard InChI is InChI=1S/C10H7ClN4O2S/c11-7-2-1-3-8(4-7)13-10(18)14-6-9(5-12-14)15(16)17/h1-6H,(H,13,18). The van der Waals surface area contributed by atoms with Gasteiger partial charge < -0.3 is 5.32 Å². The van der Waals surface area contributed by atoms with E-state index in [9.17, 15) is 10.1 Å². The Bertz CT molecular complexity index is 613. The van der Waals surface area contributed by atoms with Gasteiger partial charge in [-0.3, -0.25) is 10.1 Å². The number of nitrogens with zero attached hydrogens (tertiary/aromatic N) is 3. The Labute approximate surface area is 112 Å². The van der Waals surface area contributed by atoms with Gasteiger partial charge in [-0.2, -0.15) is 5.10 Å². The second-order valence-electron chi connectivity index (χ2n) is 3.34. The molecule has 18 heavy (non-hydrogen) atoms. The highest BCUT2D eigenvalue weighted by Crippen LogP contribution is 2.15. The van der Waals surface area contributed by atoms with Crippen molar-refractivity contribution in [1.82, 2.24) is 9.78 Å². The SMILES string of the molecule is O=[N+]([O-])c1cnn(C(=S)Nc2cccc(Cl)c2)c1. The molecule has 0 spiro atoms. The molecular weight excluding hydrogens is 276 g/mol. The summed E-state index contributed by atoms with van der Waals surface area (Å²) in [5.41, 5.74) is 0.566. The summed E-state index contributed by atoms with van der Waals surface area (Å²) in [5.74, 6) is 0. The van der Waals surface area contributed by atoms with Crippen molar-refractivity contribution in [3.05, 3.63) is 51.8 Å². The van der Waals surface area contributed by atoms with Crippen LogP contribution in [-0.2, 0) is 0 Å². The monoisotopic (exact) mass is 282 g/mol. The third-order valence-electron chi connectivity index (χ3n) is 2.06. The van der Waals surface area contributed by atoms with Crippen LogP contribution in [0.3, 0.4) is 0 Å². The molecule has 0 atom stereocenters. The third-order valence-corrected chi connectivity index (χ3v) is 2.59. The molecule has 0 aliphatic carbocycles. The largest absolute Gasteiger partial charge is 0.331 e.